The van der Waals surface area contributed by atoms with Gasteiger partial charge >= 0.3 is 0 Å². The van der Waals surface area contributed by atoms with Crippen molar-refractivity contribution in [1.82, 2.24) is 0 Å². The van der Waals surface area contributed by atoms with Gasteiger partial charge in [0.2, 0.25) is 0 Å². The minimum Gasteiger partial charge on any atom is -0.328 e. The molecule has 0 atom stereocenters. The molecule has 0 aromatic heterocycles. The number of halogens is 1. The minimum absolute atomic E-state index is 0.102. The van der Waals surface area contributed by atoms with Gasteiger partial charge in [-0.2, -0.15) is 0 Å². The number of benzene rings is 1. The van der Waals surface area contributed by atoms with Gasteiger partial charge in [0.15, 0.2) is 6.54 Å². The first-order valence-corrected chi connectivity index (χ1v) is 7.55. The van der Waals surface area contributed by atoms with E-state index in [2.05, 4.69) is 28.3 Å². The molecule has 1 aliphatic heterocycles. The molecule has 0 spiro atoms. The first-order valence-electron chi connectivity index (χ1n) is 6.75. The molecule has 1 aliphatic rings. The van der Waals surface area contributed by atoms with Gasteiger partial charge in [-0.3, -0.25) is 4.79 Å². The van der Waals surface area contributed by atoms with Gasteiger partial charge in [-0.05, 0) is 24.6 Å². The monoisotopic (exact) mass is 327 g/mol. The molecule has 5 heteroatoms. The van der Waals surface area contributed by atoms with Gasteiger partial charge in [-0.15, -0.1) is 0 Å². The van der Waals surface area contributed by atoms with Gasteiger partial charge in [0.25, 0.3) is 5.91 Å². The topological polar surface area (TPSA) is 38.0 Å². The fraction of sp³-hybridized carbons (Fsp3) is 0.500. The van der Waals surface area contributed by atoms with E-state index >= 15 is 0 Å². The molecule has 3 N–H and O–H groups in total. The number of aryl methyl sites for hydroxylation is 1. The number of amides is 1. The zero-order chi connectivity index (χ0) is 13.8. The summed E-state index contributed by atoms with van der Waals surface area (Å²) in [5.74, 6) is 0.102. The molecule has 19 heavy (non-hydrogen) atoms. The number of hydrogen-bond acceptors (Lipinski definition) is 1. The highest BCUT2D eigenvalue weighted by molar-refractivity contribution is 9.10. The van der Waals surface area contributed by atoms with E-state index in [1.165, 1.54) is 10.5 Å². The lowest BCUT2D eigenvalue weighted by Crippen LogP contribution is -3.27. The van der Waals surface area contributed by atoms with Crippen molar-refractivity contribution < 1.29 is 14.6 Å². The van der Waals surface area contributed by atoms with Crippen molar-refractivity contribution in [3.8, 4) is 0 Å². The van der Waals surface area contributed by atoms with E-state index in [0.29, 0.717) is 6.54 Å². The van der Waals surface area contributed by atoms with Crippen LogP contribution in [0.3, 0.4) is 0 Å². The Morgan fingerprint density at radius 1 is 1.32 bits per heavy atom. The summed E-state index contributed by atoms with van der Waals surface area (Å²) in [7, 11) is 2.21. The number of carbonyl (C=O) groups excluding carboxylic acids is 1. The van der Waals surface area contributed by atoms with Crippen molar-refractivity contribution in [2.75, 3.05) is 45.1 Å². The molecule has 0 saturated carbocycles. The maximum atomic E-state index is 12.0. The number of likely N-dealkylation sites (N-methyl/N-ethyl adjacent to an activating group) is 1. The Morgan fingerprint density at radius 3 is 2.63 bits per heavy atom. The van der Waals surface area contributed by atoms with Crippen molar-refractivity contribution in [3.05, 3.63) is 28.2 Å². The third-order valence-electron chi connectivity index (χ3n) is 3.68. The molecular weight excluding hydrogens is 306 g/mol. The van der Waals surface area contributed by atoms with E-state index in [-0.39, 0.29) is 5.91 Å². The van der Waals surface area contributed by atoms with Crippen LogP contribution in [0.15, 0.2) is 22.7 Å². The molecule has 0 radical (unpaired) electrons. The van der Waals surface area contributed by atoms with Crippen LogP contribution in [-0.4, -0.2) is 45.7 Å². The Labute approximate surface area is 122 Å². The second-order valence-corrected chi connectivity index (χ2v) is 6.25. The number of carbonyl (C=O) groups is 1. The molecule has 104 valence electrons. The SMILES string of the molecule is Cc1ccc(NC(=O)C[NH+]2CC[NH+](C)CC2)cc1Br. The van der Waals surface area contributed by atoms with Gasteiger partial charge in [0, 0.05) is 10.2 Å². The van der Waals surface area contributed by atoms with Crippen LogP contribution in [0.2, 0.25) is 0 Å². The number of rotatable bonds is 3. The molecule has 1 heterocycles. The first kappa shape index (κ1) is 14.5. The van der Waals surface area contributed by atoms with Crippen molar-refractivity contribution >= 4 is 27.5 Å². The van der Waals surface area contributed by atoms with Crippen molar-refractivity contribution in [3.63, 3.8) is 0 Å². The summed E-state index contributed by atoms with van der Waals surface area (Å²) in [5.41, 5.74) is 2.03. The highest BCUT2D eigenvalue weighted by atomic mass is 79.9. The molecule has 0 bridgehead atoms. The second-order valence-electron chi connectivity index (χ2n) is 5.40. The van der Waals surface area contributed by atoms with E-state index in [0.717, 1.165) is 36.3 Å². The number of hydrogen-bond donors (Lipinski definition) is 3. The van der Waals surface area contributed by atoms with E-state index in [1.54, 1.807) is 4.90 Å². The molecule has 1 amide bonds. The van der Waals surface area contributed by atoms with Crippen molar-refractivity contribution in [2.45, 2.75) is 6.92 Å². The average Bonchev–Trinajstić information content (AvgIpc) is 2.37. The summed E-state index contributed by atoms with van der Waals surface area (Å²) >= 11 is 3.48. The van der Waals surface area contributed by atoms with Crippen LogP contribution in [-0.2, 0) is 4.79 Å². The van der Waals surface area contributed by atoms with Gasteiger partial charge in [0.05, 0.1) is 7.05 Å². The van der Waals surface area contributed by atoms with E-state index < -0.39 is 0 Å². The number of piperazine rings is 1. The average molecular weight is 328 g/mol. The smallest absolute Gasteiger partial charge is 0.279 e. The van der Waals surface area contributed by atoms with Crippen LogP contribution in [0.4, 0.5) is 5.69 Å². The number of anilines is 1. The fourth-order valence-corrected chi connectivity index (χ4v) is 2.69. The van der Waals surface area contributed by atoms with Crippen LogP contribution in [0.5, 0.6) is 0 Å². The summed E-state index contributed by atoms with van der Waals surface area (Å²) in [6, 6.07) is 5.91. The highest BCUT2D eigenvalue weighted by Crippen LogP contribution is 2.20. The van der Waals surface area contributed by atoms with E-state index in [1.807, 2.05) is 25.1 Å². The van der Waals surface area contributed by atoms with Crippen LogP contribution >= 0.6 is 15.9 Å². The summed E-state index contributed by atoms with van der Waals surface area (Å²) in [5, 5.41) is 2.97. The summed E-state index contributed by atoms with van der Waals surface area (Å²) in [6.45, 7) is 7.07. The van der Waals surface area contributed by atoms with Crippen LogP contribution in [0.1, 0.15) is 5.56 Å². The molecule has 4 nitrogen and oxygen atoms in total. The molecule has 1 aromatic rings. The lowest BCUT2D eigenvalue weighted by Gasteiger charge is -2.26. The molecule has 1 fully saturated rings. The van der Waals surface area contributed by atoms with Crippen LogP contribution in [0, 0.1) is 6.92 Å². The van der Waals surface area contributed by atoms with Crippen LogP contribution < -0.4 is 15.1 Å². The third-order valence-corrected chi connectivity index (χ3v) is 4.53. The quantitative estimate of drug-likeness (QED) is 0.662. The number of nitrogens with one attached hydrogen (secondary N) is 3. The zero-order valence-corrected chi connectivity index (χ0v) is 13.1. The molecule has 1 saturated heterocycles. The Kier molecular flexibility index (Phi) is 4.96. The Morgan fingerprint density at radius 2 is 2.00 bits per heavy atom. The van der Waals surface area contributed by atoms with Gasteiger partial charge < -0.3 is 15.1 Å². The Hall–Kier alpha value is -0.910. The van der Waals surface area contributed by atoms with Crippen molar-refractivity contribution in [2.24, 2.45) is 0 Å². The first-order chi connectivity index (χ1) is 9.04. The summed E-state index contributed by atoms with van der Waals surface area (Å²) < 4.78 is 1.03. The number of quaternary nitrogens is 2. The minimum atomic E-state index is 0.102. The summed E-state index contributed by atoms with van der Waals surface area (Å²) in [4.78, 5) is 14.9. The molecule has 2 rings (SSSR count). The lowest BCUT2D eigenvalue weighted by atomic mass is 10.2. The molecular formula is C14H22BrN3O+2. The fourth-order valence-electron chi connectivity index (χ4n) is 2.31. The van der Waals surface area contributed by atoms with Gasteiger partial charge in [0.1, 0.15) is 26.2 Å². The van der Waals surface area contributed by atoms with Gasteiger partial charge in [-0.1, -0.05) is 22.0 Å². The van der Waals surface area contributed by atoms with Crippen LogP contribution in [0.25, 0.3) is 0 Å². The Bertz CT molecular complexity index is 456. The largest absolute Gasteiger partial charge is 0.328 e. The zero-order valence-electron chi connectivity index (χ0n) is 11.6. The van der Waals surface area contributed by atoms with Gasteiger partial charge in [-0.25, -0.2) is 0 Å². The third kappa shape index (κ3) is 4.30. The van der Waals surface area contributed by atoms with Crippen molar-refractivity contribution in [1.29, 1.82) is 0 Å². The van der Waals surface area contributed by atoms with E-state index in [9.17, 15) is 4.79 Å². The predicted octanol–water partition coefficient (Wildman–Crippen LogP) is -0.891. The molecule has 0 aliphatic carbocycles. The summed E-state index contributed by atoms with van der Waals surface area (Å²) in [6.07, 6.45) is 0. The Balaban J connectivity index is 1.85. The maximum Gasteiger partial charge on any atom is 0.279 e. The molecule has 1 aromatic carbocycles. The maximum absolute atomic E-state index is 12.0. The normalized spacial score (nSPS) is 23.1. The highest BCUT2D eigenvalue weighted by Gasteiger charge is 2.22. The lowest BCUT2D eigenvalue weighted by molar-refractivity contribution is -0.999. The standard InChI is InChI=1S/C14H20BrN3O/c1-11-3-4-12(9-13(11)15)16-14(19)10-18-7-5-17(2)6-8-18/h3-4,9H,5-8,10H2,1-2H3,(H,16,19)/p+2. The second kappa shape index (κ2) is 6.50. The van der Waals surface area contributed by atoms with E-state index in [4.69, 9.17) is 0 Å². The predicted molar refractivity (Wildman–Crippen MR) is 79.7 cm³/mol. The molecule has 0 unspecified atom stereocenters.